The van der Waals surface area contributed by atoms with Gasteiger partial charge in [0.1, 0.15) is 12.3 Å². The maximum Gasteiger partial charge on any atom is 0.226 e. The van der Waals surface area contributed by atoms with E-state index >= 15 is 0 Å². The number of aliphatic hydroxyl groups excluding tert-OH is 2. The minimum atomic E-state index is -0.720. The Bertz CT molecular complexity index is 680. The number of imidazole rings is 1. The summed E-state index contributed by atoms with van der Waals surface area (Å²) in [5.74, 6) is 0.587. The minimum Gasteiger partial charge on any atom is -0.394 e. The van der Waals surface area contributed by atoms with Crippen LogP contribution in [0, 0.1) is 0 Å². The second kappa shape index (κ2) is 6.96. The van der Waals surface area contributed by atoms with Gasteiger partial charge in [-0.15, -0.1) is 0 Å². The number of anilines is 1. The molecule has 0 amide bonds. The molecule has 0 bridgehead atoms. The lowest BCUT2D eigenvalue weighted by atomic mass is 10.2. The summed E-state index contributed by atoms with van der Waals surface area (Å²) in [5, 5.41) is 22.4. The lowest BCUT2D eigenvalue weighted by Gasteiger charge is -2.14. The van der Waals surface area contributed by atoms with E-state index in [0.29, 0.717) is 23.4 Å². The summed E-state index contributed by atoms with van der Waals surface area (Å²) in [6, 6.07) is 0. The minimum absolute atomic E-state index is 0.121. The molecule has 2 aromatic rings. The van der Waals surface area contributed by atoms with Crippen LogP contribution >= 0.6 is 11.6 Å². The molecule has 8 nitrogen and oxygen atoms in total. The zero-order valence-corrected chi connectivity index (χ0v) is 13.6. The third-order valence-corrected chi connectivity index (χ3v) is 4.08. The number of ether oxygens (including phenoxy) is 1. The summed E-state index contributed by atoms with van der Waals surface area (Å²) in [5.41, 5.74) is 1.15. The molecular formula is C14H20ClN5O3. The first-order valence-corrected chi connectivity index (χ1v) is 8.10. The van der Waals surface area contributed by atoms with Gasteiger partial charge in [0.15, 0.2) is 17.0 Å². The van der Waals surface area contributed by atoms with Crippen molar-refractivity contribution in [3.63, 3.8) is 0 Å². The highest BCUT2D eigenvalue weighted by atomic mass is 35.5. The van der Waals surface area contributed by atoms with Crippen molar-refractivity contribution in [3.05, 3.63) is 11.6 Å². The van der Waals surface area contributed by atoms with Crippen molar-refractivity contribution >= 4 is 28.6 Å². The van der Waals surface area contributed by atoms with Crippen LogP contribution in [0.4, 0.5) is 5.82 Å². The van der Waals surface area contributed by atoms with Gasteiger partial charge in [-0.3, -0.25) is 4.57 Å². The Labute approximate surface area is 138 Å². The highest BCUT2D eigenvalue weighted by Crippen LogP contribution is 2.32. The van der Waals surface area contributed by atoms with Crippen molar-refractivity contribution in [2.75, 3.05) is 18.5 Å². The van der Waals surface area contributed by atoms with E-state index in [-0.39, 0.29) is 11.9 Å². The molecule has 3 N–H and O–H groups in total. The molecule has 0 aliphatic carbocycles. The first-order valence-electron chi connectivity index (χ1n) is 7.72. The van der Waals surface area contributed by atoms with Crippen molar-refractivity contribution in [2.24, 2.45) is 0 Å². The summed E-state index contributed by atoms with van der Waals surface area (Å²) in [6.07, 6.45) is 2.27. The van der Waals surface area contributed by atoms with Crippen LogP contribution in [0.15, 0.2) is 6.33 Å². The van der Waals surface area contributed by atoms with Gasteiger partial charge in [-0.1, -0.05) is 13.3 Å². The number of rotatable bonds is 6. The standard InChI is InChI=1S/C14H20ClN5O3/c1-2-3-4-16-12-11-13(19-14(15)18-12)20(7-17-11)10-5-8(22)9(6-21)23-10/h7-10,21-22H,2-6H2,1H3,(H,16,18,19)/t8-,9+,10+/m0/s1. The van der Waals surface area contributed by atoms with E-state index in [2.05, 4.69) is 27.2 Å². The van der Waals surface area contributed by atoms with Gasteiger partial charge in [-0.05, 0) is 18.0 Å². The van der Waals surface area contributed by atoms with Crippen LogP contribution in [0.25, 0.3) is 11.2 Å². The molecule has 2 aromatic heterocycles. The molecule has 23 heavy (non-hydrogen) atoms. The van der Waals surface area contributed by atoms with E-state index in [4.69, 9.17) is 16.3 Å². The molecule has 1 aliphatic rings. The van der Waals surface area contributed by atoms with E-state index in [0.717, 1.165) is 19.4 Å². The van der Waals surface area contributed by atoms with Gasteiger partial charge in [0, 0.05) is 13.0 Å². The monoisotopic (exact) mass is 341 g/mol. The first kappa shape index (κ1) is 16.4. The first-order chi connectivity index (χ1) is 11.1. The van der Waals surface area contributed by atoms with Gasteiger partial charge in [0.25, 0.3) is 0 Å². The van der Waals surface area contributed by atoms with Crippen LogP contribution in [0.5, 0.6) is 0 Å². The Morgan fingerprint density at radius 1 is 1.48 bits per heavy atom. The number of unbranched alkanes of at least 4 members (excludes halogenated alkanes) is 1. The van der Waals surface area contributed by atoms with E-state index in [1.54, 1.807) is 10.9 Å². The fraction of sp³-hybridized carbons (Fsp3) is 0.643. The number of aliphatic hydroxyl groups is 2. The fourth-order valence-electron chi connectivity index (χ4n) is 2.66. The number of aromatic nitrogens is 4. The molecule has 1 fully saturated rings. The number of fused-ring (bicyclic) bond motifs is 1. The van der Waals surface area contributed by atoms with Crippen LogP contribution in [-0.4, -0.2) is 55.1 Å². The lowest BCUT2D eigenvalue weighted by molar-refractivity contribution is -0.0432. The van der Waals surface area contributed by atoms with Crippen LogP contribution in [-0.2, 0) is 4.74 Å². The molecular weight excluding hydrogens is 322 g/mol. The summed E-state index contributed by atoms with van der Waals surface area (Å²) < 4.78 is 7.37. The molecule has 0 spiro atoms. The quantitative estimate of drug-likeness (QED) is 0.537. The average molecular weight is 342 g/mol. The number of hydrogen-bond acceptors (Lipinski definition) is 7. The Morgan fingerprint density at radius 3 is 3.00 bits per heavy atom. The third kappa shape index (κ3) is 3.25. The van der Waals surface area contributed by atoms with Crippen molar-refractivity contribution in [1.29, 1.82) is 0 Å². The molecule has 3 atom stereocenters. The number of nitrogens with zero attached hydrogens (tertiary/aromatic N) is 4. The number of nitrogens with one attached hydrogen (secondary N) is 1. The van der Waals surface area contributed by atoms with E-state index in [1.165, 1.54) is 0 Å². The predicted octanol–water partition coefficient (Wildman–Crippen LogP) is 1.33. The van der Waals surface area contributed by atoms with Crippen molar-refractivity contribution in [3.8, 4) is 0 Å². The van der Waals surface area contributed by atoms with E-state index < -0.39 is 18.4 Å². The van der Waals surface area contributed by atoms with Crippen LogP contribution in [0.3, 0.4) is 0 Å². The topological polar surface area (TPSA) is 105 Å². The van der Waals surface area contributed by atoms with Gasteiger partial charge >= 0.3 is 0 Å². The summed E-state index contributed by atoms with van der Waals surface area (Å²) in [4.78, 5) is 12.8. The highest BCUT2D eigenvalue weighted by Gasteiger charge is 2.35. The fourth-order valence-corrected chi connectivity index (χ4v) is 2.82. The van der Waals surface area contributed by atoms with Crippen molar-refractivity contribution in [1.82, 2.24) is 19.5 Å². The number of halogens is 1. The largest absolute Gasteiger partial charge is 0.394 e. The zero-order chi connectivity index (χ0) is 16.4. The Hall–Kier alpha value is -1.48. The van der Waals surface area contributed by atoms with Crippen LogP contribution in [0.1, 0.15) is 32.4 Å². The van der Waals surface area contributed by atoms with E-state index in [9.17, 15) is 10.2 Å². The van der Waals surface area contributed by atoms with Gasteiger partial charge in [0.05, 0.1) is 19.0 Å². The van der Waals surface area contributed by atoms with Gasteiger partial charge in [-0.2, -0.15) is 9.97 Å². The van der Waals surface area contributed by atoms with Gasteiger partial charge in [-0.25, -0.2) is 4.98 Å². The Balaban J connectivity index is 1.91. The van der Waals surface area contributed by atoms with Crippen molar-refractivity contribution in [2.45, 2.75) is 44.6 Å². The lowest BCUT2D eigenvalue weighted by Crippen LogP contribution is -2.24. The molecule has 3 rings (SSSR count). The molecule has 3 heterocycles. The molecule has 0 radical (unpaired) electrons. The third-order valence-electron chi connectivity index (χ3n) is 3.91. The molecule has 126 valence electrons. The normalized spacial score (nSPS) is 24.4. The summed E-state index contributed by atoms with van der Waals surface area (Å²) in [7, 11) is 0. The molecule has 1 saturated heterocycles. The number of hydrogen-bond donors (Lipinski definition) is 3. The van der Waals surface area contributed by atoms with Crippen molar-refractivity contribution < 1.29 is 14.9 Å². The molecule has 0 saturated carbocycles. The second-order valence-electron chi connectivity index (χ2n) is 5.56. The molecule has 0 unspecified atom stereocenters. The Kier molecular flexibility index (Phi) is 4.96. The second-order valence-corrected chi connectivity index (χ2v) is 5.90. The molecule has 1 aliphatic heterocycles. The van der Waals surface area contributed by atoms with Crippen LogP contribution < -0.4 is 5.32 Å². The SMILES string of the molecule is CCCCNc1nc(Cl)nc2c1ncn2[C@H]1C[C@H](O)[C@@H](CO)O1. The maximum atomic E-state index is 9.89. The smallest absolute Gasteiger partial charge is 0.226 e. The van der Waals surface area contributed by atoms with Gasteiger partial charge in [0.2, 0.25) is 5.28 Å². The molecule has 9 heteroatoms. The summed E-state index contributed by atoms with van der Waals surface area (Å²) >= 11 is 6.02. The zero-order valence-electron chi connectivity index (χ0n) is 12.8. The average Bonchev–Trinajstić information content (AvgIpc) is 3.10. The maximum absolute atomic E-state index is 9.89. The molecule has 0 aromatic carbocycles. The highest BCUT2D eigenvalue weighted by molar-refractivity contribution is 6.28. The Morgan fingerprint density at radius 2 is 2.30 bits per heavy atom. The van der Waals surface area contributed by atoms with Gasteiger partial charge < -0.3 is 20.3 Å². The van der Waals surface area contributed by atoms with E-state index in [1.807, 2.05) is 0 Å². The summed E-state index contributed by atoms with van der Waals surface area (Å²) in [6.45, 7) is 2.65. The predicted molar refractivity (Wildman–Crippen MR) is 85.4 cm³/mol. The van der Waals surface area contributed by atoms with Crippen LogP contribution in [0.2, 0.25) is 5.28 Å².